The summed E-state index contributed by atoms with van der Waals surface area (Å²) in [5.74, 6) is -8.39. The number of carbonyl (C=O) groups excluding carboxylic acids is 3. The van der Waals surface area contributed by atoms with Gasteiger partial charge in [-0.1, -0.05) is 45.8 Å². The fourth-order valence-corrected chi connectivity index (χ4v) is 8.27. The molecular weight excluding hydrogens is 795 g/mol. The first kappa shape index (κ1) is 45.3. The van der Waals surface area contributed by atoms with E-state index in [1.165, 1.54) is 4.90 Å². The fourth-order valence-electron chi connectivity index (χ4n) is 7.70. The molecule has 0 aromatic heterocycles. The molecule has 1 saturated heterocycles. The molecule has 5 rings (SSSR count). The van der Waals surface area contributed by atoms with Crippen LogP contribution >= 0.6 is 0 Å². The quantitative estimate of drug-likeness (QED) is 0.0290. The number of amides is 2. The van der Waals surface area contributed by atoms with Crippen molar-refractivity contribution < 1.29 is 54.2 Å². The molecule has 1 unspecified atom stereocenters. The molecule has 1 aromatic carbocycles. The largest absolute Gasteiger partial charge is 0.460 e. The molecule has 3 aliphatic heterocycles. The Hall–Kier alpha value is -4.83. The van der Waals surface area contributed by atoms with Gasteiger partial charge >= 0.3 is 5.97 Å². The third kappa shape index (κ3) is 9.97. The van der Waals surface area contributed by atoms with Crippen LogP contribution in [0.2, 0.25) is 0 Å². The van der Waals surface area contributed by atoms with E-state index < -0.39 is 73.6 Å². The van der Waals surface area contributed by atoms with E-state index in [-0.39, 0.29) is 69.0 Å². The summed E-state index contributed by atoms with van der Waals surface area (Å²) in [6.45, 7) is 13.2. The normalized spacial score (nSPS) is 17.9. The highest BCUT2D eigenvalue weighted by Crippen LogP contribution is 2.54. The van der Waals surface area contributed by atoms with Gasteiger partial charge in [-0.15, -0.1) is 5.06 Å². The zero-order valence-corrected chi connectivity index (χ0v) is 35.1. The number of nitrogens with zero attached hydrogens (tertiary/aromatic N) is 3. The summed E-state index contributed by atoms with van der Waals surface area (Å²) in [7, 11) is -4.33. The van der Waals surface area contributed by atoms with Crippen molar-refractivity contribution in [3.63, 3.8) is 0 Å². The van der Waals surface area contributed by atoms with Crippen LogP contribution in [0.3, 0.4) is 0 Å². The molecule has 2 amide bonds. The van der Waals surface area contributed by atoms with Gasteiger partial charge in [-0.25, -0.2) is 26.9 Å². The van der Waals surface area contributed by atoms with Crippen molar-refractivity contribution in [3.8, 4) is 11.3 Å². The number of hydrogen-bond acceptors (Lipinski definition) is 8. The number of fused-ring (bicyclic) bond motifs is 2. The number of rotatable bonds is 16. The smallest absolute Gasteiger partial charge is 0.333 e. The third-order valence-electron chi connectivity index (χ3n) is 10.9. The summed E-state index contributed by atoms with van der Waals surface area (Å²) >= 11 is 0. The molecule has 0 radical (unpaired) electrons. The van der Waals surface area contributed by atoms with Gasteiger partial charge in [0, 0.05) is 59.5 Å². The van der Waals surface area contributed by atoms with Crippen LogP contribution in [0.4, 0.5) is 23.2 Å². The van der Waals surface area contributed by atoms with Crippen LogP contribution in [0, 0.1) is 23.3 Å². The minimum absolute atomic E-state index is 0.0508. The van der Waals surface area contributed by atoms with Crippen LogP contribution in [-0.2, 0) is 40.2 Å². The molecule has 1 atom stereocenters. The van der Waals surface area contributed by atoms with Crippen molar-refractivity contribution in [1.82, 2.24) is 9.64 Å². The first-order valence-corrected chi connectivity index (χ1v) is 21.5. The lowest BCUT2D eigenvalue weighted by molar-refractivity contribution is -0.197. The summed E-state index contributed by atoms with van der Waals surface area (Å²) in [5, 5.41) is 1.44. The lowest BCUT2D eigenvalue weighted by Gasteiger charge is -2.30. The molecule has 0 saturated carbocycles. The third-order valence-corrected chi connectivity index (χ3v) is 11.7. The van der Waals surface area contributed by atoms with Crippen molar-refractivity contribution in [2.75, 3.05) is 30.3 Å². The van der Waals surface area contributed by atoms with Gasteiger partial charge < -0.3 is 14.2 Å². The molecule has 3 heterocycles. The van der Waals surface area contributed by atoms with E-state index in [1.54, 1.807) is 19.1 Å². The maximum Gasteiger partial charge on any atom is 0.333 e. The van der Waals surface area contributed by atoms with E-state index in [2.05, 4.69) is 18.4 Å². The van der Waals surface area contributed by atoms with E-state index in [4.69, 9.17) is 9.25 Å². The first-order chi connectivity index (χ1) is 27.7. The van der Waals surface area contributed by atoms with Gasteiger partial charge in [0.1, 0.15) is 24.6 Å². The van der Waals surface area contributed by atoms with Gasteiger partial charge in [0.25, 0.3) is 21.9 Å². The Bertz CT molecular complexity index is 2310. The Morgan fingerprint density at radius 2 is 1.61 bits per heavy atom. The van der Waals surface area contributed by atoms with Gasteiger partial charge in [0.05, 0.1) is 17.5 Å². The zero-order chi connectivity index (χ0) is 43.4. The van der Waals surface area contributed by atoms with Crippen LogP contribution in [0.15, 0.2) is 46.5 Å². The molecule has 320 valence electrons. The number of allylic oxidation sites excluding steroid dienone is 3. The average Bonchev–Trinajstić information content (AvgIpc) is 3.61. The van der Waals surface area contributed by atoms with Crippen LogP contribution < -0.4 is 14.8 Å². The lowest BCUT2D eigenvalue weighted by Crippen LogP contribution is -2.32. The van der Waals surface area contributed by atoms with Crippen molar-refractivity contribution in [3.05, 3.63) is 87.6 Å². The molecule has 1 aliphatic carbocycles. The number of benzene rings is 2. The SMILES string of the molecule is CC[N+](CC)=c1ccc2c(C=CC=C3N(CCCCS(=O)(=O)O)c4c(F)c(F)c(F)c(F)c4C3(C)CCCCCC(=O)ON3C(=O)CCC3=O)cc(C(C)(C)C)oc-2c1. The van der Waals surface area contributed by atoms with Gasteiger partial charge in [0.15, 0.2) is 23.3 Å². The average molecular weight is 847 g/mol. The van der Waals surface area contributed by atoms with Crippen molar-refractivity contribution in [2.45, 2.75) is 110 Å². The second kappa shape index (κ2) is 18.2. The number of unbranched alkanes of at least 4 members (excludes halogenated alkanes) is 3. The number of hydrogen-bond donors (Lipinski definition) is 1. The fraction of sp³-hybridized carbons (Fsp3) is 0.488. The Kier molecular flexibility index (Phi) is 14.0. The Morgan fingerprint density at radius 1 is 0.949 bits per heavy atom. The second-order valence-electron chi connectivity index (χ2n) is 16.1. The summed E-state index contributed by atoms with van der Waals surface area (Å²) in [6.07, 6.45) is 5.81. The zero-order valence-electron chi connectivity index (χ0n) is 34.3. The van der Waals surface area contributed by atoms with Gasteiger partial charge in [-0.05, 0) is 70.2 Å². The molecule has 11 nitrogen and oxygen atoms in total. The molecular formula is C43H52F4N3O8S+. The van der Waals surface area contributed by atoms with E-state index in [1.807, 2.05) is 51.1 Å². The number of halogens is 4. The van der Waals surface area contributed by atoms with Crippen LogP contribution in [0.1, 0.15) is 116 Å². The first-order valence-electron chi connectivity index (χ1n) is 19.9. The Balaban J connectivity index is 1.55. The predicted octanol–water partition coefficient (Wildman–Crippen LogP) is 7.95. The number of carbonyl (C=O) groups is 3. The summed E-state index contributed by atoms with van der Waals surface area (Å²) in [4.78, 5) is 42.4. The number of anilines is 1. The Labute approximate surface area is 342 Å². The van der Waals surface area contributed by atoms with Crippen molar-refractivity contribution in [2.24, 2.45) is 0 Å². The highest BCUT2D eigenvalue weighted by Gasteiger charge is 2.49. The molecule has 16 heteroatoms. The number of hydroxylamine groups is 2. The van der Waals surface area contributed by atoms with Gasteiger partial charge in [-0.2, -0.15) is 8.42 Å². The molecule has 4 aliphatic rings. The van der Waals surface area contributed by atoms with Crippen molar-refractivity contribution in [1.29, 1.82) is 0 Å². The number of imide groups is 1. The van der Waals surface area contributed by atoms with Crippen LogP contribution in [0.25, 0.3) is 17.4 Å². The summed E-state index contributed by atoms with van der Waals surface area (Å²) < 4.78 is 103. The predicted molar refractivity (Wildman–Crippen MR) is 214 cm³/mol. The van der Waals surface area contributed by atoms with E-state index in [9.17, 15) is 31.7 Å². The molecule has 0 spiro atoms. The minimum Gasteiger partial charge on any atom is -0.460 e. The van der Waals surface area contributed by atoms with E-state index >= 15 is 13.2 Å². The highest BCUT2D eigenvalue weighted by molar-refractivity contribution is 7.85. The molecule has 0 bridgehead atoms. The van der Waals surface area contributed by atoms with Gasteiger partial charge in [0.2, 0.25) is 5.36 Å². The van der Waals surface area contributed by atoms with E-state index in [0.717, 1.165) is 29.6 Å². The van der Waals surface area contributed by atoms with Crippen LogP contribution in [0.5, 0.6) is 0 Å². The second-order valence-corrected chi connectivity index (χ2v) is 17.7. The van der Waals surface area contributed by atoms with E-state index in [0.29, 0.717) is 23.0 Å². The summed E-state index contributed by atoms with van der Waals surface area (Å²) in [6, 6.07) is 7.84. The molecule has 1 N–H and O–H groups in total. The lowest BCUT2D eigenvalue weighted by atomic mass is 9.76. The summed E-state index contributed by atoms with van der Waals surface area (Å²) in [5.41, 5.74) is -0.905. The van der Waals surface area contributed by atoms with Crippen molar-refractivity contribution >= 4 is 39.7 Å². The van der Waals surface area contributed by atoms with Gasteiger partial charge in [-0.3, -0.25) is 14.1 Å². The topological polar surface area (TPSA) is 137 Å². The molecule has 1 fully saturated rings. The monoisotopic (exact) mass is 846 g/mol. The maximum atomic E-state index is 16.0. The maximum absolute atomic E-state index is 16.0. The highest BCUT2D eigenvalue weighted by atomic mass is 32.2. The molecule has 1 aromatic rings. The standard InChI is InChI=1S/C43H51F4N3O8S/c1-7-48(8-2)28-18-19-29-27(25-32(42(3,4)5)57-30(29)26-28)15-14-16-31-43(6,22-11-9-10-17-35(53)58-50-33(51)20-21-34(50)52)36-37(44)38(45)39(46)40(47)41(36)49(31)23-12-13-24-59(54,55)56/h14-16,18-19,25-26H,7-13,17,20-24H2,1-6H3/p+1. The Morgan fingerprint density at radius 3 is 2.24 bits per heavy atom. The van der Waals surface area contributed by atoms with Crippen LogP contribution in [-0.4, -0.2) is 61.2 Å². The molecule has 59 heavy (non-hydrogen) atoms. The minimum atomic E-state index is -4.33.